The van der Waals surface area contributed by atoms with Gasteiger partial charge in [0.25, 0.3) is 0 Å². The Bertz CT molecular complexity index is 129. The lowest BCUT2D eigenvalue weighted by Gasteiger charge is -2.23. The van der Waals surface area contributed by atoms with E-state index in [0.29, 0.717) is 0 Å². The maximum Gasteiger partial charge on any atom is 0.470 e. The van der Waals surface area contributed by atoms with E-state index in [1.165, 1.54) is 5.43 Å². The van der Waals surface area contributed by atoms with Crippen molar-refractivity contribution in [1.29, 1.82) is 0 Å². The summed E-state index contributed by atoms with van der Waals surface area (Å²) in [6, 6.07) is -0.0135. The second kappa shape index (κ2) is 4.09. The molecule has 2 nitrogen and oxygen atoms in total. The van der Waals surface area contributed by atoms with Gasteiger partial charge in [-0.2, -0.15) is 18.6 Å². The minimum Gasteiger partial charge on any atom is -0.248 e. The van der Waals surface area contributed by atoms with Crippen LogP contribution in [0.2, 0.25) is 0 Å². The molecule has 0 radical (unpaired) electrons. The van der Waals surface area contributed by atoms with Crippen molar-refractivity contribution in [2.24, 2.45) is 0 Å². The highest BCUT2D eigenvalue weighted by atomic mass is 19.4. The average molecular weight is 182 g/mol. The van der Waals surface area contributed by atoms with Gasteiger partial charge in [0.05, 0.1) is 0 Å². The van der Waals surface area contributed by atoms with Crippen molar-refractivity contribution in [2.45, 2.75) is 44.4 Å². The van der Waals surface area contributed by atoms with E-state index in [2.05, 4.69) is 5.43 Å². The van der Waals surface area contributed by atoms with Crippen LogP contribution in [-0.4, -0.2) is 12.3 Å². The van der Waals surface area contributed by atoms with Gasteiger partial charge in [0.2, 0.25) is 0 Å². The van der Waals surface area contributed by atoms with Crippen molar-refractivity contribution in [2.75, 3.05) is 0 Å². The molecule has 0 bridgehead atoms. The minimum atomic E-state index is -4.31. The molecule has 1 fully saturated rings. The molecule has 0 aliphatic heterocycles. The van der Waals surface area contributed by atoms with Crippen LogP contribution in [0.5, 0.6) is 0 Å². The van der Waals surface area contributed by atoms with Crippen molar-refractivity contribution in [3.8, 4) is 0 Å². The third-order valence-electron chi connectivity index (χ3n) is 2.02. The molecule has 0 unspecified atom stereocenters. The number of nitrogens with one attached hydrogen (secondary N) is 2. The van der Waals surface area contributed by atoms with Crippen LogP contribution >= 0.6 is 0 Å². The lowest BCUT2D eigenvalue weighted by Crippen LogP contribution is -2.49. The van der Waals surface area contributed by atoms with Crippen LogP contribution in [0.1, 0.15) is 32.1 Å². The van der Waals surface area contributed by atoms with Gasteiger partial charge in [0.1, 0.15) is 0 Å². The molecular weight excluding hydrogens is 169 g/mol. The zero-order valence-corrected chi connectivity index (χ0v) is 6.75. The fraction of sp³-hybridized carbons (Fsp3) is 1.00. The maximum atomic E-state index is 11.6. The second-order valence-corrected chi connectivity index (χ2v) is 3.10. The quantitative estimate of drug-likeness (QED) is 0.503. The summed E-state index contributed by atoms with van der Waals surface area (Å²) in [7, 11) is 0. The molecule has 1 aliphatic carbocycles. The second-order valence-electron chi connectivity index (χ2n) is 3.10. The molecule has 0 aromatic heterocycles. The molecule has 0 aromatic rings. The standard InChI is InChI=1S/C7H13F3N2/c8-7(9,10)12-11-6-4-2-1-3-5-6/h6,11-12H,1-5H2. The van der Waals surface area contributed by atoms with Crippen LogP contribution in [0, 0.1) is 0 Å². The fourth-order valence-corrected chi connectivity index (χ4v) is 1.43. The number of hydrogen-bond donors (Lipinski definition) is 2. The third-order valence-corrected chi connectivity index (χ3v) is 2.02. The molecule has 0 aromatic carbocycles. The van der Waals surface area contributed by atoms with Crippen LogP contribution in [0.3, 0.4) is 0 Å². The van der Waals surface area contributed by atoms with Crippen molar-refractivity contribution < 1.29 is 13.2 Å². The van der Waals surface area contributed by atoms with Crippen molar-refractivity contribution >= 4 is 0 Å². The van der Waals surface area contributed by atoms with Gasteiger partial charge in [-0.05, 0) is 12.8 Å². The molecule has 0 saturated heterocycles. The molecule has 5 heteroatoms. The molecule has 0 spiro atoms. The summed E-state index contributed by atoms with van der Waals surface area (Å²) in [5.41, 5.74) is 3.63. The smallest absolute Gasteiger partial charge is 0.248 e. The van der Waals surface area contributed by atoms with Crippen LogP contribution in [-0.2, 0) is 0 Å². The highest BCUT2D eigenvalue weighted by Gasteiger charge is 2.27. The van der Waals surface area contributed by atoms with Gasteiger partial charge in [-0.25, -0.2) is 5.43 Å². The van der Waals surface area contributed by atoms with Gasteiger partial charge in [-0.15, -0.1) is 0 Å². The summed E-state index contributed by atoms with van der Waals surface area (Å²) in [4.78, 5) is 0. The van der Waals surface area contributed by atoms with E-state index in [9.17, 15) is 13.2 Å². The van der Waals surface area contributed by atoms with Crippen molar-refractivity contribution in [3.63, 3.8) is 0 Å². The number of rotatable bonds is 2. The molecule has 1 aliphatic rings. The summed E-state index contributed by atoms with van der Waals surface area (Å²) in [5.74, 6) is 0. The summed E-state index contributed by atoms with van der Waals surface area (Å²) >= 11 is 0. The van der Waals surface area contributed by atoms with Crippen molar-refractivity contribution in [3.05, 3.63) is 0 Å². The molecule has 0 heterocycles. The zero-order chi connectivity index (χ0) is 9.03. The molecule has 2 N–H and O–H groups in total. The van der Waals surface area contributed by atoms with E-state index in [4.69, 9.17) is 0 Å². The van der Waals surface area contributed by atoms with Crippen LogP contribution < -0.4 is 10.9 Å². The molecule has 1 saturated carbocycles. The van der Waals surface area contributed by atoms with Crippen LogP contribution in [0.4, 0.5) is 13.2 Å². The Hall–Kier alpha value is -0.290. The summed E-state index contributed by atoms with van der Waals surface area (Å²) in [5, 5.41) is 0. The number of hydrazine groups is 1. The number of halogens is 3. The van der Waals surface area contributed by atoms with Gasteiger partial charge in [0, 0.05) is 6.04 Å². The summed E-state index contributed by atoms with van der Waals surface area (Å²) < 4.78 is 34.9. The summed E-state index contributed by atoms with van der Waals surface area (Å²) in [6.07, 6.45) is 0.558. The Morgan fingerprint density at radius 2 is 1.58 bits per heavy atom. The Kier molecular flexibility index (Phi) is 3.34. The van der Waals surface area contributed by atoms with Gasteiger partial charge in [-0.3, -0.25) is 0 Å². The van der Waals surface area contributed by atoms with Gasteiger partial charge >= 0.3 is 6.30 Å². The Balaban J connectivity index is 2.13. The molecule has 12 heavy (non-hydrogen) atoms. The normalized spacial score (nSPS) is 21.2. The minimum absolute atomic E-state index is 0.0135. The van der Waals surface area contributed by atoms with E-state index >= 15 is 0 Å². The average Bonchev–Trinajstić information content (AvgIpc) is 2.02. The lowest BCUT2D eigenvalue weighted by atomic mass is 9.96. The van der Waals surface area contributed by atoms with E-state index in [-0.39, 0.29) is 6.04 Å². The Morgan fingerprint density at radius 3 is 2.08 bits per heavy atom. The third kappa shape index (κ3) is 3.92. The first-order valence-electron chi connectivity index (χ1n) is 4.17. The first kappa shape index (κ1) is 9.80. The first-order chi connectivity index (χ1) is 5.58. The summed E-state index contributed by atoms with van der Waals surface area (Å²) in [6.45, 7) is 0. The molecule has 1 rings (SSSR count). The van der Waals surface area contributed by atoms with E-state index in [1.807, 2.05) is 0 Å². The fourth-order valence-electron chi connectivity index (χ4n) is 1.43. The first-order valence-corrected chi connectivity index (χ1v) is 4.17. The molecule has 72 valence electrons. The number of hydrogen-bond acceptors (Lipinski definition) is 2. The predicted molar refractivity (Wildman–Crippen MR) is 39.2 cm³/mol. The van der Waals surface area contributed by atoms with Crippen LogP contribution in [0.15, 0.2) is 0 Å². The van der Waals surface area contributed by atoms with Gasteiger partial charge in [0.15, 0.2) is 0 Å². The lowest BCUT2D eigenvalue weighted by molar-refractivity contribution is -0.169. The molecule has 0 amide bonds. The van der Waals surface area contributed by atoms with Gasteiger partial charge in [-0.1, -0.05) is 19.3 Å². The Labute approximate surface area is 69.5 Å². The SMILES string of the molecule is FC(F)(F)NNC1CCCCC1. The zero-order valence-electron chi connectivity index (χ0n) is 6.75. The molecule has 0 atom stereocenters. The topological polar surface area (TPSA) is 24.1 Å². The van der Waals surface area contributed by atoms with E-state index < -0.39 is 6.30 Å². The maximum absolute atomic E-state index is 11.6. The highest BCUT2D eigenvalue weighted by molar-refractivity contribution is 4.69. The van der Waals surface area contributed by atoms with Crippen molar-refractivity contribution in [1.82, 2.24) is 10.9 Å². The predicted octanol–water partition coefficient (Wildman–Crippen LogP) is 1.93. The Morgan fingerprint density at radius 1 is 1.00 bits per heavy atom. The molecular formula is C7H13F3N2. The van der Waals surface area contributed by atoms with E-state index in [1.54, 1.807) is 0 Å². The number of alkyl halides is 3. The highest BCUT2D eigenvalue weighted by Crippen LogP contribution is 2.17. The van der Waals surface area contributed by atoms with Gasteiger partial charge < -0.3 is 0 Å². The monoisotopic (exact) mass is 182 g/mol. The largest absolute Gasteiger partial charge is 0.470 e. The van der Waals surface area contributed by atoms with Crippen LogP contribution in [0.25, 0.3) is 0 Å². The van der Waals surface area contributed by atoms with E-state index in [0.717, 1.165) is 32.1 Å².